The van der Waals surface area contributed by atoms with Crippen LogP contribution < -0.4 is 16.2 Å². The van der Waals surface area contributed by atoms with Gasteiger partial charge in [-0.2, -0.15) is 0 Å². The monoisotopic (exact) mass is 508 g/mol. The molecule has 0 atom stereocenters. The number of amides is 1. The van der Waals surface area contributed by atoms with Crippen LogP contribution in [0.2, 0.25) is 0 Å². The summed E-state index contributed by atoms with van der Waals surface area (Å²) in [6.07, 6.45) is 5.07. The molecule has 11 heteroatoms. The number of hydrogen-bond donors (Lipinski definition) is 3. The molecule has 0 saturated carbocycles. The molecule has 0 unspecified atom stereocenters. The fourth-order valence-corrected chi connectivity index (χ4v) is 4.13. The number of aliphatic hydroxyl groups is 1. The molecule has 1 amide bonds. The third-order valence-corrected chi connectivity index (χ3v) is 5.93. The van der Waals surface area contributed by atoms with Gasteiger partial charge in [0, 0.05) is 19.0 Å². The lowest BCUT2D eigenvalue weighted by Gasteiger charge is -2.12. The first-order valence-electron chi connectivity index (χ1n) is 11.6. The van der Waals surface area contributed by atoms with E-state index in [2.05, 4.69) is 20.6 Å². The number of rotatable bonds is 9. The van der Waals surface area contributed by atoms with Crippen molar-refractivity contribution in [2.45, 2.75) is 20.0 Å². The quantitative estimate of drug-likeness (QED) is 0.320. The number of aromatic nitrogens is 4. The summed E-state index contributed by atoms with van der Waals surface area (Å²) in [5, 5.41) is 16.1. The number of fused-ring (bicyclic) bond motifs is 1. The molecule has 0 aliphatic heterocycles. The maximum atomic E-state index is 13.7. The first-order valence-corrected chi connectivity index (χ1v) is 11.6. The average molecular weight is 509 g/mol. The highest BCUT2D eigenvalue weighted by Crippen LogP contribution is 2.20. The number of nitrogens with one attached hydrogen (secondary N) is 2. The smallest absolute Gasteiger partial charge is 0.280 e. The Bertz CT molecular complexity index is 1540. The second kappa shape index (κ2) is 11.1. The highest BCUT2D eigenvalue weighted by molar-refractivity contribution is 5.95. The van der Waals surface area contributed by atoms with E-state index in [1.165, 1.54) is 21.8 Å². The summed E-state index contributed by atoms with van der Waals surface area (Å²) in [5.41, 5.74) is 1.71. The highest BCUT2D eigenvalue weighted by atomic mass is 19.2. The van der Waals surface area contributed by atoms with E-state index in [9.17, 15) is 23.5 Å². The fraction of sp³-hybridized carbons (Fsp3) is 0.231. The van der Waals surface area contributed by atoms with Crippen molar-refractivity contribution in [3.63, 3.8) is 0 Å². The molecule has 3 N–H and O–H groups in total. The van der Waals surface area contributed by atoms with E-state index < -0.39 is 23.1 Å². The van der Waals surface area contributed by atoms with Gasteiger partial charge in [-0.15, -0.1) is 0 Å². The van der Waals surface area contributed by atoms with Crippen LogP contribution in [0.25, 0.3) is 17.0 Å². The number of anilines is 1. The molecule has 9 nitrogen and oxygen atoms in total. The predicted molar refractivity (Wildman–Crippen MR) is 136 cm³/mol. The van der Waals surface area contributed by atoms with Crippen molar-refractivity contribution >= 4 is 28.7 Å². The molecule has 0 radical (unpaired) electrons. The number of carbonyl (C=O) groups excluding carboxylic acids is 1. The van der Waals surface area contributed by atoms with Crippen molar-refractivity contribution in [1.29, 1.82) is 0 Å². The molecule has 2 aromatic heterocycles. The molecule has 0 bridgehead atoms. The van der Waals surface area contributed by atoms with Gasteiger partial charge < -0.3 is 15.7 Å². The summed E-state index contributed by atoms with van der Waals surface area (Å²) in [4.78, 5) is 34.5. The molecule has 192 valence electrons. The van der Waals surface area contributed by atoms with Crippen molar-refractivity contribution in [3.8, 4) is 0 Å². The van der Waals surface area contributed by atoms with Gasteiger partial charge in [-0.25, -0.2) is 23.4 Å². The number of carbonyl (C=O) groups is 1. The van der Waals surface area contributed by atoms with Crippen molar-refractivity contribution in [1.82, 2.24) is 24.6 Å². The minimum atomic E-state index is -1.03. The largest absolute Gasteiger partial charge is 0.394 e. The van der Waals surface area contributed by atoms with Gasteiger partial charge in [0.2, 0.25) is 0 Å². The molecule has 4 rings (SSSR count). The zero-order valence-corrected chi connectivity index (χ0v) is 20.3. The first kappa shape index (κ1) is 25.7. The zero-order chi connectivity index (χ0) is 26.5. The summed E-state index contributed by atoms with van der Waals surface area (Å²) in [6, 6.07) is 9.03. The third kappa shape index (κ3) is 5.41. The molecular formula is C26H26F2N6O3. The van der Waals surface area contributed by atoms with Crippen LogP contribution in [-0.2, 0) is 13.1 Å². The van der Waals surface area contributed by atoms with Crippen LogP contribution >= 0.6 is 0 Å². The average Bonchev–Trinajstić information content (AvgIpc) is 3.12. The van der Waals surface area contributed by atoms with E-state index >= 15 is 0 Å². The number of aliphatic hydroxyl groups excluding tert-OH is 1. The van der Waals surface area contributed by atoms with Crippen LogP contribution in [0, 0.1) is 18.6 Å². The van der Waals surface area contributed by atoms with Gasteiger partial charge in [0.05, 0.1) is 30.9 Å². The van der Waals surface area contributed by atoms with E-state index in [0.29, 0.717) is 17.1 Å². The highest BCUT2D eigenvalue weighted by Gasteiger charge is 2.22. The minimum Gasteiger partial charge on any atom is -0.394 e. The fourth-order valence-electron chi connectivity index (χ4n) is 4.13. The van der Waals surface area contributed by atoms with Gasteiger partial charge in [-0.3, -0.25) is 14.3 Å². The Hall–Kier alpha value is -4.38. The molecule has 2 aromatic carbocycles. The van der Waals surface area contributed by atoms with Gasteiger partial charge in [0.25, 0.3) is 11.5 Å². The molecular weight excluding hydrogens is 482 g/mol. The summed E-state index contributed by atoms with van der Waals surface area (Å²) >= 11 is 0. The number of benzene rings is 2. The molecule has 0 fully saturated rings. The van der Waals surface area contributed by atoms with Crippen molar-refractivity contribution in [2.75, 3.05) is 25.5 Å². The molecule has 4 aromatic rings. The van der Waals surface area contributed by atoms with Crippen LogP contribution in [0.3, 0.4) is 0 Å². The van der Waals surface area contributed by atoms with Crippen LogP contribution in [0.1, 0.15) is 27.2 Å². The molecule has 0 aliphatic rings. The first-order chi connectivity index (χ1) is 17.8. The standard InChI is InChI=1S/C26H26F2N6O3/c1-16-23(26(37)34(33(16)10-11-35)14-18-5-7-20(27)21(28)13-18)25(36)30-9-3-4-17-6-8-22-19(12-17)24(29-2)32-15-31-22/h3-8,12-13,15,35H,9-11,14H2,1-2H3,(H,30,36)(H,29,31,32)/b4-3+. The maximum Gasteiger partial charge on any atom is 0.280 e. The van der Waals surface area contributed by atoms with Gasteiger partial charge in [-0.05, 0) is 42.3 Å². The van der Waals surface area contributed by atoms with E-state index in [1.807, 2.05) is 24.3 Å². The van der Waals surface area contributed by atoms with Crippen LogP contribution in [0.15, 0.2) is 53.6 Å². The normalized spacial score (nSPS) is 11.4. The Morgan fingerprint density at radius 3 is 2.65 bits per heavy atom. The second-order valence-electron chi connectivity index (χ2n) is 8.28. The Morgan fingerprint density at radius 1 is 1.11 bits per heavy atom. The van der Waals surface area contributed by atoms with Crippen LogP contribution in [0.4, 0.5) is 14.6 Å². The van der Waals surface area contributed by atoms with Gasteiger partial charge in [0.1, 0.15) is 17.7 Å². The lowest BCUT2D eigenvalue weighted by Crippen LogP contribution is -2.31. The summed E-state index contributed by atoms with van der Waals surface area (Å²) in [5.74, 6) is -1.90. The minimum absolute atomic E-state index is 0.0538. The van der Waals surface area contributed by atoms with Gasteiger partial charge in [0.15, 0.2) is 11.6 Å². The second-order valence-corrected chi connectivity index (χ2v) is 8.28. The Morgan fingerprint density at radius 2 is 1.92 bits per heavy atom. The summed E-state index contributed by atoms with van der Waals surface area (Å²) in [6.45, 7) is 1.44. The molecule has 0 aliphatic carbocycles. The SMILES string of the molecule is CNc1ncnc2ccc(/C=C/CNC(=O)c3c(C)n(CCO)n(Cc4ccc(F)c(F)c4)c3=O)cc12. The number of halogens is 2. The topological polar surface area (TPSA) is 114 Å². The van der Waals surface area contributed by atoms with Crippen LogP contribution in [-0.4, -0.2) is 50.5 Å². The molecule has 0 saturated heterocycles. The molecule has 2 heterocycles. The maximum absolute atomic E-state index is 13.7. The van der Waals surface area contributed by atoms with Gasteiger partial charge in [-0.1, -0.05) is 24.3 Å². The number of hydrogen-bond acceptors (Lipinski definition) is 6. The zero-order valence-electron chi connectivity index (χ0n) is 20.3. The van der Waals surface area contributed by atoms with Crippen molar-refractivity contribution in [3.05, 3.63) is 93.2 Å². The van der Waals surface area contributed by atoms with E-state index in [4.69, 9.17) is 0 Å². The molecule has 0 spiro atoms. The van der Waals surface area contributed by atoms with E-state index in [-0.39, 0.29) is 31.8 Å². The molecule has 37 heavy (non-hydrogen) atoms. The lowest BCUT2D eigenvalue weighted by atomic mass is 10.1. The number of nitrogens with zero attached hydrogens (tertiary/aromatic N) is 4. The Balaban J connectivity index is 1.51. The van der Waals surface area contributed by atoms with Crippen molar-refractivity contribution in [2.24, 2.45) is 0 Å². The Kier molecular flexibility index (Phi) is 7.73. The van der Waals surface area contributed by atoms with Crippen molar-refractivity contribution < 1.29 is 18.7 Å². The Labute approximate surface area is 211 Å². The summed E-state index contributed by atoms with van der Waals surface area (Å²) < 4.78 is 29.7. The van der Waals surface area contributed by atoms with Gasteiger partial charge >= 0.3 is 0 Å². The lowest BCUT2D eigenvalue weighted by molar-refractivity contribution is 0.0956. The third-order valence-electron chi connectivity index (χ3n) is 5.93. The van der Waals surface area contributed by atoms with E-state index in [1.54, 1.807) is 20.0 Å². The van der Waals surface area contributed by atoms with E-state index in [0.717, 1.165) is 28.6 Å². The summed E-state index contributed by atoms with van der Waals surface area (Å²) in [7, 11) is 1.78. The van der Waals surface area contributed by atoms with Crippen LogP contribution in [0.5, 0.6) is 0 Å². The predicted octanol–water partition coefficient (Wildman–Crippen LogP) is 2.71.